The summed E-state index contributed by atoms with van der Waals surface area (Å²) >= 11 is 0. The first kappa shape index (κ1) is 13.4. The second kappa shape index (κ2) is 6.75. The number of hydrogen-bond acceptors (Lipinski definition) is 2. The van der Waals surface area contributed by atoms with Crippen LogP contribution in [0.2, 0.25) is 0 Å². The van der Waals surface area contributed by atoms with Gasteiger partial charge in [-0.05, 0) is 38.1 Å². The fourth-order valence-corrected chi connectivity index (χ4v) is 3.95. The molecule has 1 saturated carbocycles. The topological polar surface area (TPSA) is 15.3 Å². The third-order valence-corrected chi connectivity index (χ3v) is 4.79. The fourth-order valence-electron chi connectivity index (χ4n) is 3.95. The molecule has 2 nitrogen and oxygen atoms in total. The van der Waals surface area contributed by atoms with Gasteiger partial charge in [0.15, 0.2) is 0 Å². The molecule has 1 N–H and O–H groups in total. The summed E-state index contributed by atoms with van der Waals surface area (Å²) in [5, 5.41) is 3.61. The molecule has 1 aliphatic heterocycles. The summed E-state index contributed by atoms with van der Waals surface area (Å²) in [5.41, 5.74) is 0. The molecule has 0 spiro atoms. The number of hydrogen-bond donors (Lipinski definition) is 1. The fraction of sp³-hybridized carbons (Fsp3) is 1.00. The van der Waals surface area contributed by atoms with Crippen LogP contribution in [0.4, 0.5) is 0 Å². The highest BCUT2D eigenvalue weighted by Gasteiger charge is 2.32. The smallest absolute Gasteiger partial charge is 0.0207 e. The highest BCUT2D eigenvalue weighted by molar-refractivity contribution is 4.88. The summed E-state index contributed by atoms with van der Waals surface area (Å²) in [6, 6.07) is 1.64. The second-order valence-electron chi connectivity index (χ2n) is 5.91. The first-order chi connectivity index (χ1) is 8.35. The monoisotopic (exact) mass is 238 g/mol. The first-order valence-corrected chi connectivity index (χ1v) is 7.82. The van der Waals surface area contributed by atoms with Crippen LogP contribution in [0.15, 0.2) is 0 Å². The molecule has 0 aromatic rings. The van der Waals surface area contributed by atoms with Crippen LogP contribution >= 0.6 is 0 Å². The van der Waals surface area contributed by atoms with E-state index in [4.69, 9.17) is 0 Å². The van der Waals surface area contributed by atoms with Crippen molar-refractivity contribution >= 4 is 0 Å². The molecule has 0 aromatic carbocycles. The Kier molecular flexibility index (Phi) is 5.30. The maximum Gasteiger partial charge on any atom is 0.0207 e. The molecule has 2 atom stereocenters. The minimum absolute atomic E-state index is 0.762. The highest BCUT2D eigenvalue weighted by atomic mass is 15.2. The van der Waals surface area contributed by atoms with E-state index in [1.165, 1.54) is 58.0 Å². The summed E-state index contributed by atoms with van der Waals surface area (Å²) in [4.78, 5) is 2.78. The van der Waals surface area contributed by atoms with E-state index < -0.39 is 0 Å². The molecule has 1 heterocycles. The van der Waals surface area contributed by atoms with Crippen LogP contribution in [0, 0.1) is 5.92 Å². The van der Waals surface area contributed by atoms with Gasteiger partial charge in [-0.3, -0.25) is 4.90 Å². The molecule has 2 unspecified atom stereocenters. The van der Waals surface area contributed by atoms with Gasteiger partial charge in [0.2, 0.25) is 0 Å². The zero-order chi connectivity index (χ0) is 12.1. The Bertz CT molecular complexity index is 211. The van der Waals surface area contributed by atoms with Crippen molar-refractivity contribution in [2.24, 2.45) is 5.92 Å². The lowest BCUT2D eigenvalue weighted by Crippen LogP contribution is -2.41. The van der Waals surface area contributed by atoms with Gasteiger partial charge >= 0.3 is 0 Å². The zero-order valence-electron chi connectivity index (χ0n) is 11.8. The van der Waals surface area contributed by atoms with E-state index in [9.17, 15) is 0 Å². The lowest BCUT2D eigenvalue weighted by Gasteiger charge is -2.36. The Morgan fingerprint density at radius 2 is 1.88 bits per heavy atom. The molecule has 2 rings (SSSR count). The second-order valence-corrected chi connectivity index (χ2v) is 5.91. The van der Waals surface area contributed by atoms with Gasteiger partial charge in [0, 0.05) is 25.2 Å². The Morgan fingerprint density at radius 3 is 2.53 bits per heavy atom. The van der Waals surface area contributed by atoms with E-state index >= 15 is 0 Å². The van der Waals surface area contributed by atoms with Gasteiger partial charge in [-0.2, -0.15) is 0 Å². The van der Waals surface area contributed by atoms with Crippen LogP contribution in [0.1, 0.15) is 58.8 Å². The van der Waals surface area contributed by atoms with Crippen molar-refractivity contribution in [2.75, 3.05) is 19.6 Å². The maximum atomic E-state index is 3.61. The maximum absolute atomic E-state index is 3.61. The van der Waals surface area contributed by atoms with Gasteiger partial charge < -0.3 is 5.32 Å². The Morgan fingerprint density at radius 1 is 1.12 bits per heavy atom. The molecule has 17 heavy (non-hydrogen) atoms. The molecular weight excluding hydrogens is 208 g/mol. The van der Waals surface area contributed by atoms with Crippen molar-refractivity contribution in [3.05, 3.63) is 0 Å². The van der Waals surface area contributed by atoms with Crippen LogP contribution in [0.5, 0.6) is 0 Å². The summed E-state index contributed by atoms with van der Waals surface area (Å²) in [7, 11) is 0. The highest BCUT2D eigenvalue weighted by Crippen LogP contribution is 2.32. The van der Waals surface area contributed by atoms with Crippen molar-refractivity contribution in [3.8, 4) is 0 Å². The van der Waals surface area contributed by atoms with Crippen molar-refractivity contribution in [3.63, 3.8) is 0 Å². The summed E-state index contributed by atoms with van der Waals surface area (Å²) in [6.07, 6.45) is 10.1. The van der Waals surface area contributed by atoms with Gasteiger partial charge in [0.25, 0.3) is 0 Å². The molecule has 0 radical (unpaired) electrons. The number of likely N-dealkylation sites (N-methyl/N-ethyl adjacent to an activating group) is 1. The molecule has 0 aromatic heterocycles. The van der Waals surface area contributed by atoms with Crippen molar-refractivity contribution in [1.82, 2.24) is 10.2 Å². The van der Waals surface area contributed by atoms with Crippen molar-refractivity contribution < 1.29 is 0 Å². The average molecular weight is 238 g/mol. The van der Waals surface area contributed by atoms with Crippen LogP contribution in [0.3, 0.4) is 0 Å². The number of likely N-dealkylation sites (tertiary alicyclic amines) is 1. The number of nitrogens with one attached hydrogen (secondary N) is 1. The minimum Gasteiger partial charge on any atom is -0.313 e. The zero-order valence-corrected chi connectivity index (χ0v) is 11.8. The molecule has 0 amide bonds. The largest absolute Gasteiger partial charge is 0.313 e. The molecule has 0 bridgehead atoms. The quantitative estimate of drug-likeness (QED) is 0.792. The van der Waals surface area contributed by atoms with Crippen molar-refractivity contribution in [2.45, 2.75) is 70.9 Å². The molecule has 2 fully saturated rings. The predicted octanol–water partition coefficient (Wildman–Crippen LogP) is 3.03. The predicted molar refractivity (Wildman–Crippen MR) is 74.3 cm³/mol. The molecule has 1 saturated heterocycles. The van der Waals surface area contributed by atoms with E-state index in [1.54, 1.807) is 0 Å². The molecule has 2 aliphatic rings. The summed E-state index contributed by atoms with van der Waals surface area (Å²) in [6.45, 7) is 8.36. The van der Waals surface area contributed by atoms with Crippen LogP contribution in [-0.2, 0) is 0 Å². The average Bonchev–Trinajstić information content (AvgIpc) is 2.81. The molecule has 1 aliphatic carbocycles. The number of rotatable bonds is 5. The standard InChI is InChI=1S/C15H30N2/c1-3-15(13-8-6-5-7-9-13)17-11-10-14(12-17)16-4-2/h13-16H,3-12H2,1-2H3. The molecule has 100 valence electrons. The van der Waals surface area contributed by atoms with Crippen LogP contribution < -0.4 is 5.32 Å². The van der Waals surface area contributed by atoms with E-state index in [1.807, 2.05) is 0 Å². The molecule has 2 heteroatoms. The van der Waals surface area contributed by atoms with Crippen molar-refractivity contribution in [1.29, 1.82) is 0 Å². The minimum atomic E-state index is 0.762. The van der Waals surface area contributed by atoms with Gasteiger partial charge in [-0.25, -0.2) is 0 Å². The van der Waals surface area contributed by atoms with E-state index in [0.717, 1.165) is 24.5 Å². The SMILES string of the molecule is CCNC1CCN(C(CC)C2CCCCC2)C1. The third-order valence-electron chi connectivity index (χ3n) is 4.79. The lowest BCUT2D eigenvalue weighted by atomic mass is 9.82. The van der Waals surface area contributed by atoms with Gasteiger partial charge in [0.1, 0.15) is 0 Å². The summed E-state index contributed by atoms with van der Waals surface area (Å²) < 4.78 is 0. The Labute approximate surface area is 107 Å². The van der Waals surface area contributed by atoms with Gasteiger partial charge in [-0.15, -0.1) is 0 Å². The van der Waals surface area contributed by atoms with Gasteiger partial charge in [0.05, 0.1) is 0 Å². The normalized spacial score (nSPS) is 29.6. The lowest BCUT2D eigenvalue weighted by molar-refractivity contribution is 0.136. The van der Waals surface area contributed by atoms with Crippen LogP contribution in [0.25, 0.3) is 0 Å². The van der Waals surface area contributed by atoms with Gasteiger partial charge in [-0.1, -0.05) is 33.1 Å². The molecular formula is C15H30N2. The third kappa shape index (κ3) is 3.45. The van der Waals surface area contributed by atoms with E-state index in [-0.39, 0.29) is 0 Å². The Balaban J connectivity index is 1.85. The summed E-state index contributed by atoms with van der Waals surface area (Å²) in [5.74, 6) is 0.995. The van der Waals surface area contributed by atoms with E-state index in [2.05, 4.69) is 24.1 Å². The Hall–Kier alpha value is -0.0800. The first-order valence-electron chi connectivity index (χ1n) is 7.82. The van der Waals surface area contributed by atoms with Crippen LogP contribution in [-0.4, -0.2) is 36.6 Å². The van der Waals surface area contributed by atoms with E-state index in [0.29, 0.717) is 0 Å². The number of nitrogens with zero attached hydrogens (tertiary/aromatic N) is 1.